The predicted octanol–water partition coefficient (Wildman–Crippen LogP) is 1.83. The molecule has 0 aromatic rings. The molecule has 1 N–H and O–H groups in total. The highest BCUT2D eigenvalue weighted by atomic mass is 16.5. The lowest BCUT2D eigenvalue weighted by Gasteiger charge is -2.24. The lowest BCUT2D eigenvalue weighted by Crippen LogP contribution is -2.27. The van der Waals surface area contributed by atoms with E-state index in [0.29, 0.717) is 32.3 Å². The summed E-state index contributed by atoms with van der Waals surface area (Å²) in [5.74, 6) is -1.23. The van der Waals surface area contributed by atoms with Crippen LogP contribution in [0.1, 0.15) is 39.0 Å². The van der Waals surface area contributed by atoms with Crippen molar-refractivity contribution in [3.63, 3.8) is 0 Å². The summed E-state index contributed by atoms with van der Waals surface area (Å²) in [6.45, 7) is 2.42. The standard InChI is InChI=1S/C11H18O4/c1-2-7-15-11(14)9-5-3-8(4-6-9)10(12)13/h8-9H,2-7H2,1H3,(H,12,13). The average molecular weight is 214 g/mol. The number of carboxylic acids is 1. The molecule has 1 rings (SSSR count). The maximum Gasteiger partial charge on any atom is 0.308 e. The fourth-order valence-electron chi connectivity index (χ4n) is 1.90. The van der Waals surface area contributed by atoms with Gasteiger partial charge in [0.2, 0.25) is 0 Å². The zero-order valence-electron chi connectivity index (χ0n) is 9.07. The Labute approximate surface area is 89.6 Å². The first-order chi connectivity index (χ1) is 7.15. The molecule has 0 bridgehead atoms. The number of carbonyl (C=O) groups excluding carboxylic acids is 1. The van der Waals surface area contributed by atoms with Crippen LogP contribution in [0, 0.1) is 11.8 Å². The maximum absolute atomic E-state index is 11.5. The van der Waals surface area contributed by atoms with Crippen LogP contribution in [0.2, 0.25) is 0 Å². The van der Waals surface area contributed by atoms with E-state index in [9.17, 15) is 9.59 Å². The van der Waals surface area contributed by atoms with Gasteiger partial charge in [-0.1, -0.05) is 6.92 Å². The number of carboxylic acid groups (broad SMARTS) is 1. The quantitative estimate of drug-likeness (QED) is 0.725. The van der Waals surface area contributed by atoms with Crippen molar-refractivity contribution in [2.45, 2.75) is 39.0 Å². The Bertz CT molecular complexity index is 229. The molecule has 0 saturated heterocycles. The van der Waals surface area contributed by atoms with Crippen LogP contribution in [0.15, 0.2) is 0 Å². The molecule has 0 heterocycles. The van der Waals surface area contributed by atoms with E-state index in [1.165, 1.54) is 0 Å². The van der Waals surface area contributed by atoms with Gasteiger partial charge in [-0.3, -0.25) is 9.59 Å². The Morgan fingerprint density at radius 2 is 1.73 bits per heavy atom. The van der Waals surface area contributed by atoms with Gasteiger partial charge in [0.1, 0.15) is 0 Å². The van der Waals surface area contributed by atoms with Gasteiger partial charge >= 0.3 is 11.9 Å². The average Bonchev–Trinajstić information content (AvgIpc) is 2.26. The Hall–Kier alpha value is -1.06. The van der Waals surface area contributed by atoms with Gasteiger partial charge in [-0.15, -0.1) is 0 Å². The number of ether oxygens (including phenoxy) is 1. The molecular formula is C11H18O4. The molecule has 4 heteroatoms. The minimum Gasteiger partial charge on any atom is -0.481 e. The largest absolute Gasteiger partial charge is 0.481 e. The van der Waals surface area contributed by atoms with Crippen molar-refractivity contribution in [2.75, 3.05) is 6.61 Å². The first kappa shape index (κ1) is 12.0. The van der Waals surface area contributed by atoms with Gasteiger partial charge in [-0.2, -0.15) is 0 Å². The van der Waals surface area contributed by atoms with Crippen molar-refractivity contribution in [3.05, 3.63) is 0 Å². The zero-order chi connectivity index (χ0) is 11.3. The highest BCUT2D eigenvalue weighted by Crippen LogP contribution is 2.29. The molecule has 1 fully saturated rings. The normalized spacial score (nSPS) is 25.9. The smallest absolute Gasteiger partial charge is 0.308 e. The molecule has 0 aromatic heterocycles. The minimum absolute atomic E-state index is 0.0767. The molecule has 1 aliphatic rings. The van der Waals surface area contributed by atoms with Crippen molar-refractivity contribution >= 4 is 11.9 Å². The minimum atomic E-state index is -0.740. The molecule has 86 valence electrons. The van der Waals surface area contributed by atoms with Gasteiger partial charge in [0.05, 0.1) is 18.4 Å². The molecule has 1 aliphatic carbocycles. The van der Waals surface area contributed by atoms with Gasteiger partial charge in [0, 0.05) is 0 Å². The van der Waals surface area contributed by atoms with Crippen LogP contribution in [-0.4, -0.2) is 23.7 Å². The lowest BCUT2D eigenvalue weighted by atomic mass is 9.82. The van der Waals surface area contributed by atoms with Crippen LogP contribution < -0.4 is 0 Å². The SMILES string of the molecule is CCCOC(=O)C1CCC(C(=O)O)CC1. The molecule has 0 aliphatic heterocycles. The van der Waals surface area contributed by atoms with Crippen molar-refractivity contribution < 1.29 is 19.4 Å². The third kappa shape index (κ3) is 3.53. The summed E-state index contributed by atoms with van der Waals surface area (Å²) in [7, 11) is 0. The molecule has 4 nitrogen and oxygen atoms in total. The summed E-state index contributed by atoms with van der Waals surface area (Å²) < 4.78 is 5.04. The topological polar surface area (TPSA) is 63.6 Å². The molecule has 15 heavy (non-hydrogen) atoms. The van der Waals surface area contributed by atoms with Gasteiger partial charge in [0.15, 0.2) is 0 Å². The summed E-state index contributed by atoms with van der Waals surface area (Å²) in [6.07, 6.45) is 3.33. The highest BCUT2D eigenvalue weighted by Gasteiger charge is 2.30. The molecule has 0 atom stereocenters. The molecule has 1 saturated carbocycles. The molecule has 0 amide bonds. The summed E-state index contributed by atoms with van der Waals surface area (Å²) in [4.78, 5) is 22.2. The third-order valence-corrected chi connectivity index (χ3v) is 2.86. The van der Waals surface area contributed by atoms with Crippen molar-refractivity contribution in [1.82, 2.24) is 0 Å². The van der Waals surface area contributed by atoms with Gasteiger partial charge < -0.3 is 9.84 Å². The molecule has 0 aromatic carbocycles. The number of aliphatic carboxylic acids is 1. The zero-order valence-corrected chi connectivity index (χ0v) is 9.07. The molecule has 0 spiro atoms. The van der Waals surface area contributed by atoms with Crippen LogP contribution in [0.5, 0.6) is 0 Å². The number of hydrogen-bond donors (Lipinski definition) is 1. The number of rotatable bonds is 4. The fourth-order valence-corrected chi connectivity index (χ4v) is 1.90. The predicted molar refractivity (Wildman–Crippen MR) is 54.3 cm³/mol. The van der Waals surface area contributed by atoms with Gasteiger partial charge in [-0.25, -0.2) is 0 Å². The van der Waals surface area contributed by atoms with E-state index >= 15 is 0 Å². The summed E-state index contributed by atoms with van der Waals surface area (Å²) >= 11 is 0. The Kier molecular flexibility index (Phi) is 4.59. The Morgan fingerprint density at radius 1 is 1.20 bits per heavy atom. The second-order valence-corrected chi connectivity index (χ2v) is 4.05. The first-order valence-electron chi connectivity index (χ1n) is 5.54. The van der Waals surface area contributed by atoms with Crippen molar-refractivity contribution in [3.8, 4) is 0 Å². The van der Waals surface area contributed by atoms with E-state index in [-0.39, 0.29) is 17.8 Å². The van der Waals surface area contributed by atoms with Crippen LogP contribution in [-0.2, 0) is 14.3 Å². The maximum atomic E-state index is 11.5. The summed E-state index contributed by atoms with van der Waals surface area (Å²) in [5, 5.41) is 8.79. The Morgan fingerprint density at radius 3 is 2.20 bits per heavy atom. The van der Waals surface area contributed by atoms with E-state index in [1.807, 2.05) is 6.92 Å². The Balaban J connectivity index is 2.30. The lowest BCUT2D eigenvalue weighted by molar-refractivity contribution is -0.152. The number of hydrogen-bond acceptors (Lipinski definition) is 3. The van der Waals surface area contributed by atoms with E-state index in [4.69, 9.17) is 9.84 Å². The van der Waals surface area contributed by atoms with E-state index in [2.05, 4.69) is 0 Å². The van der Waals surface area contributed by atoms with Crippen molar-refractivity contribution in [2.24, 2.45) is 11.8 Å². The van der Waals surface area contributed by atoms with Crippen LogP contribution in [0.4, 0.5) is 0 Å². The van der Waals surface area contributed by atoms with E-state index < -0.39 is 5.97 Å². The van der Waals surface area contributed by atoms with Gasteiger partial charge in [-0.05, 0) is 32.1 Å². The summed E-state index contributed by atoms with van der Waals surface area (Å²) in [5.41, 5.74) is 0. The van der Waals surface area contributed by atoms with Crippen LogP contribution in [0.25, 0.3) is 0 Å². The molecular weight excluding hydrogens is 196 g/mol. The van der Waals surface area contributed by atoms with Crippen LogP contribution >= 0.6 is 0 Å². The second-order valence-electron chi connectivity index (χ2n) is 4.05. The van der Waals surface area contributed by atoms with E-state index in [0.717, 1.165) is 6.42 Å². The van der Waals surface area contributed by atoms with Gasteiger partial charge in [0.25, 0.3) is 0 Å². The third-order valence-electron chi connectivity index (χ3n) is 2.86. The second kappa shape index (κ2) is 5.73. The monoisotopic (exact) mass is 214 g/mol. The molecule has 0 unspecified atom stereocenters. The highest BCUT2D eigenvalue weighted by molar-refractivity contribution is 5.74. The fraction of sp³-hybridized carbons (Fsp3) is 0.818. The number of esters is 1. The van der Waals surface area contributed by atoms with Crippen LogP contribution in [0.3, 0.4) is 0 Å². The molecule has 0 radical (unpaired) electrons. The van der Waals surface area contributed by atoms with Crippen molar-refractivity contribution in [1.29, 1.82) is 0 Å². The summed E-state index contributed by atoms with van der Waals surface area (Å²) in [6, 6.07) is 0. The first-order valence-corrected chi connectivity index (χ1v) is 5.54. The van der Waals surface area contributed by atoms with E-state index in [1.54, 1.807) is 0 Å². The number of carbonyl (C=O) groups is 2.